The van der Waals surface area contributed by atoms with Gasteiger partial charge in [0.05, 0.1) is 28.8 Å². The summed E-state index contributed by atoms with van der Waals surface area (Å²) in [5.41, 5.74) is 1.66. The molecule has 10 heteroatoms. The van der Waals surface area contributed by atoms with E-state index in [2.05, 4.69) is 10.2 Å². The Bertz CT molecular complexity index is 1200. The van der Waals surface area contributed by atoms with Gasteiger partial charge >= 0.3 is 12.0 Å². The molecule has 1 unspecified atom stereocenters. The number of carbonyl (C=O) groups is 3. The predicted octanol–water partition coefficient (Wildman–Crippen LogP) is 3.45. The highest BCUT2D eigenvalue weighted by molar-refractivity contribution is 6.33. The van der Waals surface area contributed by atoms with Crippen molar-refractivity contribution in [3.63, 3.8) is 0 Å². The Balaban J connectivity index is 1.57. The number of esters is 1. The maximum Gasteiger partial charge on any atom is 0.338 e. The second-order valence-corrected chi connectivity index (χ2v) is 9.03. The summed E-state index contributed by atoms with van der Waals surface area (Å²) in [6.07, 6.45) is 0. The lowest BCUT2D eigenvalue weighted by atomic mass is 9.94. The molecule has 2 aliphatic heterocycles. The van der Waals surface area contributed by atoms with E-state index in [1.807, 2.05) is 0 Å². The van der Waals surface area contributed by atoms with Gasteiger partial charge in [-0.25, -0.2) is 14.0 Å². The number of nitrogens with one attached hydrogen (secondary N) is 1. The summed E-state index contributed by atoms with van der Waals surface area (Å²) in [5, 5.41) is 3.20. The lowest BCUT2D eigenvalue weighted by molar-refractivity contribution is -0.139. The zero-order valence-corrected chi connectivity index (χ0v) is 20.9. The zero-order valence-electron chi connectivity index (χ0n) is 20.2. The highest BCUT2D eigenvalue weighted by Gasteiger charge is 2.38. The van der Waals surface area contributed by atoms with Gasteiger partial charge in [-0.05, 0) is 36.8 Å². The molecule has 1 N–H and O–H groups in total. The molecular weight excluding hydrogens is 487 g/mol. The first kappa shape index (κ1) is 25.7. The number of amides is 3. The molecule has 1 atom stereocenters. The van der Waals surface area contributed by atoms with Crippen LogP contribution >= 0.6 is 11.6 Å². The van der Waals surface area contributed by atoms with Crippen LogP contribution in [0.1, 0.15) is 28.9 Å². The summed E-state index contributed by atoms with van der Waals surface area (Å²) < 4.78 is 19.3. The molecule has 1 saturated heterocycles. The Hall–Kier alpha value is -3.43. The molecule has 1 fully saturated rings. The van der Waals surface area contributed by atoms with Crippen LogP contribution in [0, 0.1) is 5.82 Å². The van der Waals surface area contributed by atoms with Gasteiger partial charge in [0.1, 0.15) is 5.82 Å². The molecule has 2 aliphatic rings. The van der Waals surface area contributed by atoms with Crippen molar-refractivity contribution >= 4 is 29.5 Å². The minimum Gasteiger partial charge on any atom is -0.463 e. The van der Waals surface area contributed by atoms with Crippen LogP contribution in [0.25, 0.3) is 0 Å². The van der Waals surface area contributed by atoms with Gasteiger partial charge in [-0.15, -0.1) is 0 Å². The standard InChI is InChI=1S/C26H28ClFN4O4/c1-3-36-25(34)22-21(30(2)26(35)29-23(22)17-7-6-8-18(28)15-17)16-31-11-13-32(14-12-31)24(33)19-9-4-5-10-20(19)27/h4-10,15,23H,3,11-14,16H2,1-2H3,(H,29,35). The third-order valence-electron chi connectivity index (χ3n) is 6.39. The third-order valence-corrected chi connectivity index (χ3v) is 6.72. The maximum atomic E-state index is 14.0. The summed E-state index contributed by atoms with van der Waals surface area (Å²) in [6, 6.07) is 11.5. The van der Waals surface area contributed by atoms with Crippen LogP contribution in [-0.4, -0.2) is 79.0 Å². The smallest absolute Gasteiger partial charge is 0.338 e. The van der Waals surface area contributed by atoms with Gasteiger partial charge in [0.25, 0.3) is 5.91 Å². The molecule has 0 spiro atoms. The van der Waals surface area contributed by atoms with Crippen molar-refractivity contribution in [3.05, 3.63) is 81.8 Å². The molecule has 2 aromatic carbocycles. The summed E-state index contributed by atoms with van der Waals surface area (Å²) in [5.74, 6) is -1.17. The van der Waals surface area contributed by atoms with E-state index < -0.39 is 23.9 Å². The molecule has 0 aliphatic carbocycles. The van der Waals surface area contributed by atoms with E-state index in [0.29, 0.717) is 48.0 Å². The number of nitrogens with zero attached hydrogens (tertiary/aromatic N) is 3. The second-order valence-electron chi connectivity index (χ2n) is 8.63. The fourth-order valence-electron chi connectivity index (χ4n) is 4.46. The van der Waals surface area contributed by atoms with Crippen LogP contribution in [0.5, 0.6) is 0 Å². The Morgan fingerprint density at radius 1 is 1.11 bits per heavy atom. The first-order valence-electron chi connectivity index (χ1n) is 11.8. The van der Waals surface area contributed by atoms with Crippen molar-refractivity contribution in [1.82, 2.24) is 20.0 Å². The monoisotopic (exact) mass is 514 g/mol. The first-order chi connectivity index (χ1) is 17.3. The highest BCUT2D eigenvalue weighted by Crippen LogP contribution is 2.32. The summed E-state index contributed by atoms with van der Waals surface area (Å²) in [6.45, 7) is 4.16. The van der Waals surface area contributed by atoms with Gasteiger partial charge in [0, 0.05) is 45.5 Å². The van der Waals surface area contributed by atoms with E-state index in [1.54, 1.807) is 49.2 Å². The molecule has 2 aromatic rings. The molecule has 36 heavy (non-hydrogen) atoms. The van der Waals surface area contributed by atoms with Gasteiger partial charge < -0.3 is 15.0 Å². The molecular formula is C26H28ClFN4O4. The van der Waals surface area contributed by atoms with Gasteiger partial charge in [-0.3, -0.25) is 14.6 Å². The Morgan fingerprint density at radius 2 is 1.83 bits per heavy atom. The van der Waals surface area contributed by atoms with Gasteiger partial charge in [-0.2, -0.15) is 0 Å². The second kappa shape index (κ2) is 11.1. The van der Waals surface area contributed by atoms with Crippen molar-refractivity contribution in [2.24, 2.45) is 0 Å². The number of benzene rings is 2. The number of hydrogen-bond donors (Lipinski definition) is 1. The van der Waals surface area contributed by atoms with E-state index in [9.17, 15) is 18.8 Å². The van der Waals surface area contributed by atoms with Crippen LogP contribution in [0.3, 0.4) is 0 Å². The van der Waals surface area contributed by atoms with Crippen LogP contribution < -0.4 is 5.32 Å². The van der Waals surface area contributed by atoms with Crippen molar-refractivity contribution in [1.29, 1.82) is 0 Å². The molecule has 3 amide bonds. The highest BCUT2D eigenvalue weighted by atomic mass is 35.5. The number of ether oxygens (including phenoxy) is 1. The minimum atomic E-state index is -0.846. The number of rotatable bonds is 6. The van der Waals surface area contributed by atoms with E-state index >= 15 is 0 Å². The molecule has 0 radical (unpaired) electrons. The maximum absolute atomic E-state index is 14.0. The molecule has 190 valence electrons. The van der Waals surface area contributed by atoms with Crippen molar-refractivity contribution in [3.8, 4) is 0 Å². The fraction of sp³-hybridized carbons (Fsp3) is 0.346. The first-order valence-corrected chi connectivity index (χ1v) is 12.1. The lowest BCUT2D eigenvalue weighted by Crippen LogP contribution is -2.53. The summed E-state index contributed by atoms with van der Waals surface area (Å²) in [7, 11) is 1.59. The third kappa shape index (κ3) is 5.37. The molecule has 2 heterocycles. The number of halogens is 2. The number of piperazine rings is 1. The van der Waals surface area contributed by atoms with Gasteiger partial charge in [0.15, 0.2) is 0 Å². The van der Waals surface area contributed by atoms with E-state index in [1.165, 1.54) is 23.1 Å². The van der Waals surface area contributed by atoms with Gasteiger partial charge in [0.2, 0.25) is 0 Å². The fourth-order valence-corrected chi connectivity index (χ4v) is 4.68. The number of carbonyl (C=O) groups excluding carboxylic acids is 3. The normalized spacial score (nSPS) is 18.8. The van der Waals surface area contributed by atoms with Crippen molar-refractivity contribution < 1.29 is 23.5 Å². The molecule has 0 saturated carbocycles. The van der Waals surface area contributed by atoms with E-state index in [4.69, 9.17) is 16.3 Å². The number of hydrogen-bond acceptors (Lipinski definition) is 5. The average molecular weight is 515 g/mol. The summed E-state index contributed by atoms with van der Waals surface area (Å²) >= 11 is 6.20. The molecule has 0 bridgehead atoms. The van der Waals surface area contributed by atoms with Crippen LogP contribution in [0.4, 0.5) is 9.18 Å². The average Bonchev–Trinajstić information content (AvgIpc) is 2.87. The number of urea groups is 1. The Kier molecular flexibility index (Phi) is 7.91. The summed E-state index contributed by atoms with van der Waals surface area (Å²) in [4.78, 5) is 44.0. The molecule has 4 rings (SSSR count). The minimum absolute atomic E-state index is 0.132. The van der Waals surface area contributed by atoms with E-state index in [-0.39, 0.29) is 24.6 Å². The van der Waals surface area contributed by atoms with Crippen LogP contribution in [0.2, 0.25) is 5.02 Å². The lowest BCUT2D eigenvalue weighted by Gasteiger charge is -2.39. The van der Waals surface area contributed by atoms with Crippen LogP contribution in [0.15, 0.2) is 59.8 Å². The SMILES string of the molecule is CCOC(=O)C1=C(CN2CCN(C(=O)c3ccccc3Cl)CC2)N(C)C(=O)NC1c1cccc(F)c1. The Morgan fingerprint density at radius 3 is 2.50 bits per heavy atom. The quantitative estimate of drug-likeness (QED) is 0.597. The van der Waals surface area contributed by atoms with Gasteiger partial charge in [-0.1, -0.05) is 35.9 Å². The van der Waals surface area contributed by atoms with E-state index in [0.717, 1.165) is 0 Å². The Labute approximate surface area is 214 Å². The van der Waals surface area contributed by atoms with Crippen molar-refractivity contribution in [2.45, 2.75) is 13.0 Å². The van der Waals surface area contributed by atoms with Crippen molar-refractivity contribution in [2.75, 3.05) is 46.4 Å². The number of likely N-dealkylation sites (N-methyl/N-ethyl adjacent to an activating group) is 1. The topological polar surface area (TPSA) is 82.2 Å². The largest absolute Gasteiger partial charge is 0.463 e. The van der Waals surface area contributed by atoms with Crippen LogP contribution in [-0.2, 0) is 9.53 Å². The molecule has 0 aromatic heterocycles. The molecule has 8 nitrogen and oxygen atoms in total. The zero-order chi connectivity index (χ0) is 25.8. The predicted molar refractivity (Wildman–Crippen MR) is 133 cm³/mol.